The molecule has 1 amide bonds. The van der Waals surface area contributed by atoms with Crippen molar-refractivity contribution in [1.82, 2.24) is 15.1 Å². The summed E-state index contributed by atoms with van der Waals surface area (Å²) in [5.41, 5.74) is -0.569. The van der Waals surface area contributed by atoms with Gasteiger partial charge in [-0.1, -0.05) is 39.8 Å². The van der Waals surface area contributed by atoms with Gasteiger partial charge in [-0.3, -0.25) is 9.69 Å². The minimum atomic E-state index is -1.02. The Morgan fingerprint density at radius 2 is 1.67 bits per heavy atom. The van der Waals surface area contributed by atoms with Crippen molar-refractivity contribution in [2.75, 3.05) is 24.7 Å². The molecule has 0 N–H and O–H groups in total. The smallest absolute Gasteiger partial charge is 0.407 e. The van der Waals surface area contributed by atoms with Crippen LogP contribution < -0.4 is 10.4 Å². The number of anilines is 1. The second kappa shape index (κ2) is 9.34. The fraction of sp³-hybridized carbons (Fsp3) is 0.750. The van der Waals surface area contributed by atoms with E-state index in [1.807, 2.05) is 17.0 Å². The van der Waals surface area contributed by atoms with Crippen molar-refractivity contribution < 1.29 is 23.0 Å². The van der Waals surface area contributed by atoms with Gasteiger partial charge in [0, 0.05) is 48.6 Å². The van der Waals surface area contributed by atoms with Crippen molar-refractivity contribution in [3.63, 3.8) is 0 Å². The normalized spacial score (nSPS) is 35.0. The molecule has 0 spiro atoms. The SMILES string of the molecule is CC1(C)COB(c2ccnc(N(CC34CCC(c5noc(C(C)(C)C)n5)(CC3)CC4)C(=O)CC34CC(F)(C3)C4)c2)OC1. The lowest BCUT2D eigenvalue weighted by molar-refractivity contribution is -0.215. The fourth-order valence-corrected chi connectivity index (χ4v) is 8.29. The van der Waals surface area contributed by atoms with Gasteiger partial charge < -0.3 is 13.8 Å². The average Bonchev–Trinajstić information content (AvgIpc) is 3.44. The van der Waals surface area contributed by atoms with Gasteiger partial charge in [-0.15, -0.1) is 0 Å². The van der Waals surface area contributed by atoms with Gasteiger partial charge in [0.2, 0.25) is 11.8 Å². The van der Waals surface area contributed by atoms with Gasteiger partial charge in [0.1, 0.15) is 11.5 Å². The first-order valence-corrected chi connectivity index (χ1v) is 15.7. The van der Waals surface area contributed by atoms with Crippen LogP contribution in [0.4, 0.5) is 10.2 Å². The highest BCUT2D eigenvalue weighted by Gasteiger charge is 2.69. The van der Waals surface area contributed by atoms with Crippen LogP contribution in [0.5, 0.6) is 0 Å². The Morgan fingerprint density at radius 1 is 1.02 bits per heavy atom. The van der Waals surface area contributed by atoms with Crippen LogP contribution in [0.15, 0.2) is 22.9 Å². The molecule has 0 atom stereocenters. The number of carbonyl (C=O) groups excluding carboxylic acids is 1. The molecule has 10 heteroatoms. The van der Waals surface area contributed by atoms with Crippen molar-refractivity contribution in [3.8, 4) is 0 Å². The number of hydrogen-bond acceptors (Lipinski definition) is 7. The quantitative estimate of drug-likeness (QED) is 0.405. The van der Waals surface area contributed by atoms with Crippen LogP contribution in [-0.2, 0) is 24.9 Å². The molecule has 8 nitrogen and oxygen atoms in total. The standard InChI is InChI=1S/C32H44BFN4O4/c1-27(2,3)26-36-25(37-42-26)31-10-7-29(8-11-31,9-12-31)19-38(24(39)15-30-16-32(34,17-30)18-30)23-14-22(6-13-35-23)33-40-20-28(4,5)21-41-33/h6,13-14H,7-12,15-21H2,1-5H3. The molecular weight excluding hydrogens is 534 g/mol. The number of rotatable bonds is 7. The molecule has 1 saturated heterocycles. The zero-order valence-corrected chi connectivity index (χ0v) is 25.8. The Balaban J connectivity index is 1.11. The molecule has 9 rings (SSSR count). The van der Waals surface area contributed by atoms with E-state index in [-0.39, 0.29) is 33.0 Å². The van der Waals surface area contributed by atoms with Crippen molar-refractivity contribution in [3.05, 3.63) is 30.0 Å². The van der Waals surface area contributed by atoms with Crippen molar-refractivity contribution in [2.24, 2.45) is 16.2 Å². The average molecular weight is 579 g/mol. The van der Waals surface area contributed by atoms with Crippen LogP contribution in [0.25, 0.3) is 0 Å². The monoisotopic (exact) mass is 578 g/mol. The zero-order valence-electron chi connectivity index (χ0n) is 25.8. The maximum atomic E-state index is 14.4. The first-order chi connectivity index (χ1) is 19.7. The molecule has 0 aromatic carbocycles. The molecule has 0 radical (unpaired) electrons. The molecule has 0 unspecified atom stereocenters. The molecule has 2 aromatic heterocycles. The van der Waals surface area contributed by atoms with E-state index in [0.717, 1.165) is 49.8 Å². The fourth-order valence-electron chi connectivity index (χ4n) is 8.29. The van der Waals surface area contributed by atoms with E-state index in [1.165, 1.54) is 0 Å². The lowest BCUT2D eigenvalue weighted by atomic mass is 9.41. The summed E-state index contributed by atoms with van der Waals surface area (Å²) in [6, 6.07) is 3.87. The predicted octanol–water partition coefficient (Wildman–Crippen LogP) is 5.44. The van der Waals surface area contributed by atoms with E-state index in [1.54, 1.807) is 6.20 Å². The minimum absolute atomic E-state index is 0.00823. The summed E-state index contributed by atoms with van der Waals surface area (Å²) < 4.78 is 32.2. The number of pyridine rings is 1. The van der Waals surface area contributed by atoms with Gasteiger partial charge in [-0.2, -0.15) is 4.98 Å². The lowest BCUT2D eigenvalue weighted by Crippen LogP contribution is -2.65. The first-order valence-electron chi connectivity index (χ1n) is 15.7. The van der Waals surface area contributed by atoms with Gasteiger partial charge in [-0.05, 0) is 86.2 Å². The maximum absolute atomic E-state index is 14.4. The maximum Gasteiger partial charge on any atom is 0.494 e. The minimum Gasteiger partial charge on any atom is -0.407 e. The Morgan fingerprint density at radius 3 is 2.24 bits per heavy atom. The zero-order chi connectivity index (χ0) is 29.6. The van der Waals surface area contributed by atoms with Crippen LogP contribution in [0, 0.1) is 16.2 Å². The molecule has 42 heavy (non-hydrogen) atoms. The molecular formula is C32H44BFN4O4. The summed E-state index contributed by atoms with van der Waals surface area (Å²) in [7, 11) is -0.475. The third-order valence-electron chi connectivity index (χ3n) is 10.9. The second-order valence-corrected chi connectivity index (χ2v) is 16.4. The van der Waals surface area contributed by atoms with E-state index in [0.29, 0.717) is 57.2 Å². The number of amides is 1. The number of aromatic nitrogens is 3. The summed E-state index contributed by atoms with van der Waals surface area (Å²) in [4.78, 5) is 25.5. The summed E-state index contributed by atoms with van der Waals surface area (Å²) in [6.45, 7) is 12.4. The molecule has 226 valence electrons. The Labute approximate surface area is 248 Å². The highest BCUT2D eigenvalue weighted by Crippen LogP contribution is 2.71. The molecule has 4 bridgehead atoms. The summed E-state index contributed by atoms with van der Waals surface area (Å²) >= 11 is 0. The van der Waals surface area contributed by atoms with Crippen molar-refractivity contribution in [2.45, 2.75) is 115 Å². The third kappa shape index (κ3) is 4.90. The molecule has 2 aromatic rings. The molecule has 3 heterocycles. The molecule has 6 saturated carbocycles. The summed E-state index contributed by atoms with van der Waals surface area (Å²) in [6.07, 6.45) is 9.63. The highest BCUT2D eigenvalue weighted by atomic mass is 19.1. The van der Waals surface area contributed by atoms with E-state index in [4.69, 9.17) is 23.8 Å². The number of carbonyl (C=O) groups is 1. The van der Waals surface area contributed by atoms with Gasteiger partial charge in [0.25, 0.3) is 0 Å². The van der Waals surface area contributed by atoms with Crippen LogP contribution >= 0.6 is 0 Å². The Hall–Kier alpha value is -2.33. The summed E-state index contributed by atoms with van der Waals surface area (Å²) in [5.74, 6) is 2.23. The first kappa shape index (κ1) is 28.4. The van der Waals surface area contributed by atoms with Crippen molar-refractivity contribution in [1.29, 1.82) is 0 Å². The van der Waals surface area contributed by atoms with Crippen LogP contribution in [0.2, 0.25) is 0 Å². The number of halogens is 1. The Bertz CT molecular complexity index is 1330. The van der Waals surface area contributed by atoms with Gasteiger partial charge in [-0.25, -0.2) is 9.37 Å². The third-order valence-corrected chi connectivity index (χ3v) is 10.9. The predicted molar refractivity (Wildman–Crippen MR) is 157 cm³/mol. The second-order valence-electron chi connectivity index (χ2n) is 16.4. The number of hydrogen-bond donors (Lipinski definition) is 0. The number of alkyl halides is 1. The molecule has 7 fully saturated rings. The largest absolute Gasteiger partial charge is 0.494 e. The van der Waals surface area contributed by atoms with E-state index < -0.39 is 12.8 Å². The van der Waals surface area contributed by atoms with Crippen molar-refractivity contribution >= 4 is 24.3 Å². The summed E-state index contributed by atoms with van der Waals surface area (Å²) in [5, 5.41) is 4.45. The van der Waals surface area contributed by atoms with E-state index in [9.17, 15) is 9.18 Å². The number of nitrogens with zero attached hydrogens (tertiary/aromatic N) is 4. The molecule has 1 aliphatic heterocycles. The number of fused-ring (bicyclic) bond motifs is 3. The van der Waals surface area contributed by atoms with Crippen LogP contribution in [0.3, 0.4) is 0 Å². The van der Waals surface area contributed by atoms with Crippen LogP contribution in [-0.4, -0.2) is 53.6 Å². The van der Waals surface area contributed by atoms with Gasteiger partial charge in [0.15, 0.2) is 5.82 Å². The topological polar surface area (TPSA) is 90.6 Å². The highest BCUT2D eigenvalue weighted by molar-refractivity contribution is 6.61. The molecule has 7 aliphatic rings. The molecule has 6 aliphatic carbocycles. The Kier molecular flexibility index (Phi) is 6.32. The van der Waals surface area contributed by atoms with E-state index >= 15 is 0 Å². The van der Waals surface area contributed by atoms with Gasteiger partial charge >= 0.3 is 7.12 Å². The van der Waals surface area contributed by atoms with Gasteiger partial charge in [0.05, 0.1) is 0 Å². The van der Waals surface area contributed by atoms with E-state index in [2.05, 4.69) is 39.8 Å². The lowest BCUT2D eigenvalue weighted by Gasteiger charge is -2.66. The van der Waals surface area contributed by atoms with Crippen LogP contribution in [0.1, 0.15) is 111 Å².